The summed E-state index contributed by atoms with van der Waals surface area (Å²) in [6, 6.07) is 6.80. The fourth-order valence-corrected chi connectivity index (χ4v) is 2.19. The van der Waals surface area contributed by atoms with E-state index in [0.29, 0.717) is 5.92 Å². The lowest BCUT2D eigenvalue weighted by Crippen LogP contribution is -2.31. The monoisotopic (exact) mass is 205 g/mol. The van der Waals surface area contributed by atoms with E-state index in [9.17, 15) is 4.39 Å². The van der Waals surface area contributed by atoms with Crippen molar-refractivity contribution in [1.29, 1.82) is 0 Å². The molecule has 2 rings (SSSR count). The van der Waals surface area contributed by atoms with Crippen LogP contribution in [-0.2, 0) is 0 Å². The van der Waals surface area contributed by atoms with Crippen LogP contribution in [0.1, 0.15) is 17.9 Å². The Morgan fingerprint density at radius 2 is 2.00 bits per heavy atom. The maximum absolute atomic E-state index is 12.8. The van der Waals surface area contributed by atoms with Crippen LogP contribution in [0.5, 0.6) is 0 Å². The van der Waals surface area contributed by atoms with Gasteiger partial charge in [0.25, 0.3) is 0 Å². The van der Waals surface area contributed by atoms with Gasteiger partial charge in [-0.3, -0.25) is 0 Å². The Labute approximate surface area is 90.2 Å². The summed E-state index contributed by atoms with van der Waals surface area (Å²) in [7, 11) is 2.10. The summed E-state index contributed by atoms with van der Waals surface area (Å²) in [5.41, 5.74) is 2.42. The third-order valence-electron chi connectivity index (χ3n) is 3.04. The molecular formula is C13H16FN. The Morgan fingerprint density at radius 3 is 2.60 bits per heavy atom. The van der Waals surface area contributed by atoms with Crippen LogP contribution in [-0.4, -0.2) is 25.0 Å². The second-order valence-electron chi connectivity index (χ2n) is 4.29. The summed E-state index contributed by atoms with van der Waals surface area (Å²) in [4.78, 5) is 2.27. The predicted molar refractivity (Wildman–Crippen MR) is 60.4 cm³/mol. The largest absolute Gasteiger partial charge is 0.302 e. The predicted octanol–water partition coefficient (Wildman–Crippen LogP) is 2.80. The van der Waals surface area contributed by atoms with Crippen LogP contribution in [0, 0.1) is 5.82 Å². The fourth-order valence-electron chi connectivity index (χ4n) is 2.19. The first-order chi connectivity index (χ1) is 7.16. The third-order valence-corrected chi connectivity index (χ3v) is 3.04. The van der Waals surface area contributed by atoms with Crippen LogP contribution in [0.25, 0.3) is 0 Å². The zero-order chi connectivity index (χ0) is 10.8. The average Bonchev–Trinajstić information content (AvgIpc) is 2.20. The van der Waals surface area contributed by atoms with Crippen LogP contribution in [0.3, 0.4) is 0 Å². The van der Waals surface area contributed by atoms with E-state index in [-0.39, 0.29) is 5.82 Å². The number of hydrogen-bond acceptors (Lipinski definition) is 1. The maximum atomic E-state index is 12.8. The normalized spacial score (nSPS) is 23.1. The van der Waals surface area contributed by atoms with Gasteiger partial charge in [-0.15, -0.1) is 0 Å². The highest BCUT2D eigenvalue weighted by atomic mass is 19.1. The molecule has 0 amide bonds. The smallest absolute Gasteiger partial charge is 0.123 e. The summed E-state index contributed by atoms with van der Waals surface area (Å²) in [6.45, 7) is 6.14. The van der Waals surface area contributed by atoms with Crippen molar-refractivity contribution in [3.8, 4) is 0 Å². The van der Waals surface area contributed by atoms with Crippen LogP contribution in [0.4, 0.5) is 4.39 Å². The average molecular weight is 205 g/mol. The summed E-state index contributed by atoms with van der Waals surface area (Å²) >= 11 is 0. The molecule has 1 nitrogen and oxygen atoms in total. The number of likely N-dealkylation sites (tertiary alicyclic amines) is 1. The summed E-state index contributed by atoms with van der Waals surface area (Å²) in [5.74, 6) is 0.235. The molecule has 1 fully saturated rings. The van der Waals surface area contributed by atoms with Crippen LogP contribution >= 0.6 is 0 Å². The van der Waals surface area contributed by atoms with Crippen molar-refractivity contribution in [1.82, 2.24) is 4.90 Å². The molecule has 1 aromatic carbocycles. The van der Waals surface area contributed by atoms with Gasteiger partial charge in [-0.05, 0) is 37.7 Å². The lowest BCUT2D eigenvalue weighted by atomic mass is 9.86. The zero-order valence-corrected chi connectivity index (χ0v) is 9.04. The van der Waals surface area contributed by atoms with Gasteiger partial charge in [0, 0.05) is 12.5 Å². The van der Waals surface area contributed by atoms with Gasteiger partial charge in [0.1, 0.15) is 5.82 Å². The molecule has 1 aromatic rings. The molecule has 1 aliphatic rings. The van der Waals surface area contributed by atoms with Crippen molar-refractivity contribution in [2.75, 3.05) is 20.1 Å². The molecule has 0 bridgehead atoms. The minimum Gasteiger partial charge on any atom is -0.302 e. The SMILES string of the molecule is C=C1CN(C)CCC1c1ccc(F)cc1. The molecule has 1 aliphatic heterocycles. The van der Waals surface area contributed by atoms with Crippen LogP contribution in [0.15, 0.2) is 36.4 Å². The highest BCUT2D eigenvalue weighted by molar-refractivity contribution is 5.29. The van der Waals surface area contributed by atoms with E-state index in [1.54, 1.807) is 0 Å². The molecule has 2 heteroatoms. The summed E-state index contributed by atoms with van der Waals surface area (Å²) < 4.78 is 12.8. The molecule has 1 saturated heterocycles. The maximum Gasteiger partial charge on any atom is 0.123 e. The van der Waals surface area contributed by atoms with Crippen molar-refractivity contribution in [3.63, 3.8) is 0 Å². The summed E-state index contributed by atoms with van der Waals surface area (Å²) in [5, 5.41) is 0. The topological polar surface area (TPSA) is 3.24 Å². The molecule has 0 spiro atoms. The van der Waals surface area contributed by atoms with E-state index in [4.69, 9.17) is 0 Å². The highest BCUT2D eigenvalue weighted by Gasteiger charge is 2.21. The Hall–Kier alpha value is -1.15. The van der Waals surface area contributed by atoms with Crippen molar-refractivity contribution in [2.45, 2.75) is 12.3 Å². The van der Waals surface area contributed by atoms with Gasteiger partial charge in [0.2, 0.25) is 0 Å². The van der Waals surface area contributed by atoms with Crippen molar-refractivity contribution >= 4 is 0 Å². The van der Waals surface area contributed by atoms with Crippen LogP contribution in [0.2, 0.25) is 0 Å². The number of benzene rings is 1. The third kappa shape index (κ3) is 2.26. The Balaban J connectivity index is 2.17. The van der Waals surface area contributed by atoms with Gasteiger partial charge in [-0.25, -0.2) is 4.39 Å². The first-order valence-electron chi connectivity index (χ1n) is 5.28. The first kappa shape index (κ1) is 10.4. The first-order valence-corrected chi connectivity index (χ1v) is 5.28. The second kappa shape index (κ2) is 4.15. The zero-order valence-electron chi connectivity index (χ0n) is 9.04. The van der Waals surface area contributed by atoms with Crippen molar-refractivity contribution < 1.29 is 4.39 Å². The van der Waals surface area contributed by atoms with E-state index in [0.717, 1.165) is 19.5 Å². The van der Waals surface area contributed by atoms with Crippen LogP contribution < -0.4 is 0 Å². The van der Waals surface area contributed by atoms with E-state index in [1.807, 2.05) is 12.1 Å². The molecule has 0 N–H and O–H groups in total. The number of rotatable bonds is 1. The molecule has 15 heavy (non-hydrogen) atoms. The molecule has 1 atom stereocenters. The second-order valence-corrected chi connectivity index (χ2v) is 4.29. The fraction of sp³-hybridized carbons (Fsp3) is 0.385. The summed E-state index contributed by atoms with van der Waals surface area (Å²) in [6.07, 6.45) is 1.08. The number of likely N-dealkylation sites (N-methyl/N-ethyl adjacent to an activating group) is 1. The molecule has 1 heterocycles. The standard InChI is InChI=1S/C13H16FN/c1-10-9-15(2)8-7-13(10)11-3-5-12(14)6-4-11/h3-6,13H,1,7-9H2,2H3. The molecule has 0 aromatic heterocycles. The van der Waals surface area contributed by atoms with Gasteiger partial charge in [-0.2, -0.15) is 0 Å². The lowest BCUT2D eigenvalue weighted by Gasteiger charge is -2.31. The Bertz CT molecular complexity index is 355. The minimum absolute atomic E-state index is 0.169. The molecule has 0 aliphatic carbocycles. The van der Waals surface area contributed by atoms with Gasteiger partial charge < -0.3 is 4.90 Å². The van der Waals surface area contributed by atoms with E-state index >= 15 is 0 Å². The van der Waals surface area contributed by atoms with E-state index < -0.39 is 0 Å². The molecular weight excluding hydrogens is 189 g/mol. The number of halogens is 1. The quantitative estimate of drug-likeness (QED) is 0.637. The Kier molecular flexibility index (Phi) is 2.87. The molecule has 0 saturated carbocycles. The molecule has 1 unspecified atom stereocenters. The Morgan fingerprint density at radius 1 is 1.33 bits per heavy atom. The highest BCUT2D eigenvalue weighted by Crippen LogP contribution is 2.30. The van der Waals surface area contributed by atoms with Gasteiger partial charge in [-0.1, -0.05) is 24.3 Å². The van der Waals surface area contributed by atoms with E-state index in [1.165, 1.54) is 23.3 Å². The minimum atomic E-state index is -0.169. The number of hydrogen-bond donors (Lipinski definition) is 0. The molecule has 0 radical (unpaired) electrons. The van der Waals surface area contributed by atoms with E-state index in [2.05, 4.69) is 18.5 Å². The van der Waals surface area contributed by atoms with Crippen molar-refractivity contribution in [3.05, 3.63) is 47.8 Å². The van der Waals surface area contributed by atoms with Gasteiger partial charge in [0.15, 0.2) is 0 Å². The van der Waals surface area contributed by atoms with Gasteiger partial charge >= 0.3 is 0 Å². The van der Waals surface area contributed by atoms with Gasteiger partial charge in [0.05, 0.1) is 0 Å². The van der Waals surface area contributed by atoms with Crippen molar-refractivity contribution in [2.24, 2.45) is 0 Å². The number of piperidine rings is 1. The number of nitrogens with zero attached hydrogens (tertiary/aromatic N) is 1. The molecule has 80 valence electrons. The lowest BCUT2D eigenvalue weighted by molar-refractivity contribution is 0.307.